The van der Waals surface area contributed by atoms with Gasteiger partial charge in [0.05, 0.1) is 0 Å². The smallest absolute Gasteiger partial charge is 0.220 e. The van der Waals surface area contributed by atoms with Crippen molar-refractivity contribution in [3.05, 3.63) is 0 Å². The van der Waals surface area contributed by atoms with E-state index in [2.05, 4.69) is 12.2 Å². The Hall–Kier alpha value is -0.530. The number of hydrogen-bond donors (Lipinski definition) is 1. The SMILES string of the molecule is CCC1CC2CCC(NC(=O)CC3CCCCC3)(C1)C2. The van der Waals surface area contributed by atoms with Crippen LogP contribution in [0.3, 0.4) is 0 Å². The van der Waals surface area contributed by atoms with E-state index < -0.39 is 0 Å². The molecule has 1 N–H and O–H groups in total. The van der Waals surface area contributed by atoms with Gasteiger partial charge in [0.15, 0.2) is 0 Å². The summed E-state index contributed by atoms with van der Waals surface area (Å²) in [4.78, 5) is 12.4. The summed E-state index contributed by atoms with van der Waals surface area (Å²) in [5, 5.41) is 3.50. The number of fused-ring (bicyclic) bond motifs is 2. The largest absolute Gasteiger partial charge is 0.351 e. The molecule has 0 aliphatic heterocycles. The second-order valence-electron chi connectivity index (χ2n) is 7.86. The molecule has 3 unspecified atom stereocenters. The molecule has 2 nitrogen and oxygen atoms in total. The second-order valence-corrected chi connectivity index (χ2v) is 7.86. The van der Waals surface area contributed by atoms with Gasteiger partial charge in [0.2, 0.25) is 5.91 Å². The minimum absolute atomic E-state index is 0.190. The molecule has 0 heterocycles. The highest BCUT2D eigenvalue weighted by molar-refractivity contribution is 5.77. The molecule has 1 amide bonds. The molecule has 2 heteroatoms. The number of carbonyl (C=O) groups is 1. The monoisotopic (exact) mass is 277 g/mol. The van der Waals surface area contributed by atoms with Crippen LogP contribution in [-0.4, -0.2) is 11.4 Å². The van der Waals surface area contributed by atoms with Crippen LogP contribution in [0.2, 0.25) is 0 Å². The molecule has 3 rings (SSSR count). The number of nitrogens with one attached hydrogen (secondary N) is 1. The third-order valence-corrected chi connectivity index (χ3v) is 6.24. The highest BCUT2D eigenvalue weighted by Crippen LogP contribution is 2.48. The molecule has 3 atom stereocenters. The van der Waals surface area contributed by atoms with Crippen molar-refractivity contribution in [2.75, 3.05) is 0 Å². The number of carbonyl (C=O) groups excluding carboxylic acids is 1. The predicted octanol–water partition coefficient (Wildman–Crippen LogP) is 4.43. The van der Waals surface area contributed by atoms with Crippen LogP contribution in [0.4, 0.5) is 0 Å². The van der Waals surface area contributed by atoms with Gasteiger partial charge in [0, 0.05) is 12.0 Å². The lowest BCUT2D eigenvalue weighted by molar-refractivity contribution is -0.124. The molecule has 0 radical (unpaired) electrons. The summed E-state index contributed by atoms with van der Waals surface area (Å²) in [6, 6.07) is 0. The zero-order chi connectivity index (χ0) is 14.0. The van der Waals surface area contributed by atoms with Crippen LogP contribution in [0, 0.1) is 17.8 Å². The van der Waals surface area contributed by atoms with Crippen LogP contribution in [0.25, 0.3) is 0 Å². The van der Waals surface area contributed by atoms with Crippen molar-refractivity contribution in [3.63, 3.8) is 0 Å². The van der Waals surface area contributed by atoms with Crippen molar-refractivity contribution in [2.45, 2.75) is 89.5 Å². The second kappa shape index (κ2) is 6.07. The van der Waals surface area contributed by atoms with E-state index in [9.17, 15) is 4.79 Å². The van der Waals surface area contributed by atoms with Crippen LogP contribution in [0.15, 0.2) is 0 Å². The van der Waals surface area contributed by atoms with Crippen LogP contribution in [0.5, 0.6) is 0 Å². The summed E-state index contributed by atoms with van der Waals surface area (Å²) < 4.78 is 0. The van der Waals surface area contributed by atoms with Gasteiger partial charge in [-0.3, -0.25) is 4.79 Å². The quantitative estimate of drug-likeness (QED) is 0.809. The molecular formula is C18H31NO. The standard InChI is InChI=1S/C18H31NO/c1-2-14-10-16-8-9-18(12-14,13-16)19-17(20)11-15-6-4-3-5-7-15/h14-16H,2-13H2,1H3,(H,19,20). The molecule has 0 aromatic heterocycles. The maximum Gasteiger partial charge on any atom is 0.220 e. The fraction of sp³-hybridized carbons (Fsp3) is 0.944. The topological polar surface area (TPSA) is 29.1 Å². The Morgan fingerprint density at radius 1 is 1.10 bits per heavy atom. The molecule has 0 aromatic rings. The highest BCUT2D eigenvalue weighted by atomic mass is 16.1. The summed E-state index contributed by atoms with van der Waals surface area (Å²) in [5.74, 6) is 2.77. The minimum Gasteiger partial charge on any atom is -0.351 e. The molecule has 114 valence electrons. The van der Waals surface area contributed by atoms with Crippen molar-refractivity contribution in [1.29, 1.82) is 0 Å². The van der Waals surface area contributed by atoms with Crippen molar-refractivity contribution < 1.29 is 4.79 Å². The summed E-state index contributed by atoms with van der Waals surface area (Å²) in [6.07, 6.45) is 15.2. The summed E-state index contributed by atoms with van der Waals surface area (Å²) in [6.45, 7) is 2.31. The molecule has 0 spiro atoms. The molecular weight excluding hydrogens is 246 g/mol. The fourth-order valence-electron chi connectivity index (χ4n) is 5.21. The van der Waals surface area contributed by atoms with E-state index >= 15 is 0 Å². The van der Waals surface area contributed by atoms with E-state index in [1.54, 1.807) is 0 Å². The summed E-state index contributed by atoms with van der Waals surface area (Å²) >= 11 is 0. The molecule has 0 saturated heterocycles. The maximum atomic E-state index is 12.4. The maximum absolute atomic E-state index is 12.4. The van der Waals surface area contributed by atoms with Crippen LogP contribution in [-0.2, 0) is 4.79 Å². The summed E-state index contributed by atoms with van der Waals surface area (Å²) in [7, 11) is 0. The molecule has 3 aliphatic rings. The van der Waals surface area contributed by atoms with Crippen molar-refractivity contribution in [1.82, 2.24) is 5.32 Å². The Morgan fingerprint density at radius 2 is 1.90 bits per heavy atom. The van der Waals surface area contributed by atoms with E-state index in [1.165, 1.54) is 70.6 Å². The first-order valence-corrected chi connectivity index (χ1v) is 9.00. The molecule has 3 fully saturated rings. The normalized spacial score (nSPS) is 37.9. The third-order valence-electron chi connectivity index (χ3n) is 6.24. The molecule has 2 bridgehead atoms. The molecule has 3 saturated carbocycles. The van der Waals surface area contributed by atoms with E-state index in [4.69, 9.17) is 0 Å². The van der Waals surface area contributed by atoms with Crippen molar-refractivity contribution >= 4 is 5.91 Å². The molecule has 3 aliphatic carbocycles. The first-order chi connectivity index (χ1) is 9.69. The Kier molecular flexibility index (Phi) is 4.37. The number of hydrogen-bond acceptors (Lipinski definition) is 1. The Morgan fingerprint density at radius 3 is 2.65 bits per heavy atom. The van der Waals surface area contributed by atoms with Gasteiger partial charge in [-0.15, -0.1) is 0 Å². The van der Waals surface area contributed by atoms with Crippen LogP contribution < -0.4 is 5.32 Å². The van der Waals surface area contributed by atoms with Gasteiger partial charge in [-0.1, -0.05) is 32.6 Å². The minimum atomic E-state index is 0.190. The lowest BCUT2D eigenvalue weighted by atomic mass is 9.75. The van der Waals surface area contributed by atoms with Gasteiger partial charge in [0.25, 0.3) is 0 Å². The average molecular weight is 277 g/mol. The number of amides is 1. The molecule has 20 heavy (non-hydrogen) atoms. The lowest BCUT2D eigenvalue weighted by Gasteiger charge is -2.39. The lowest BCUT2D eigenvalue weighted by Crippen LogP contribution is -2.49. The number of rotatable bonds is 4. The van der Waals surface area contributed by atoms with E-state index in [0.29, 0.717) is 11.8 Å². The first-order valence-electron chi connectivity index (χ1n) is 9.00. The van der Waals surface area contributed by atoms with E-state index in [1.807, 2.05) is 0 Å². The fourth-order valence-corrected chi connectivity index (χ4v) is 5.21. The highest BCUT2D eigenvalue weighted by Gasteiger charge is 2.45. The predicted molar refractivity (Wildman–Crippen MR) is 82.4 cm³/mol. The van der Waals surface area contributed by atoms with Crippen molar-refractivity contribution in [2.24, 2.45) is 17.8 Å². The first kappa shape index (κ1) is 14.4. The van der Waals surface area contributed by atoms with Gasteiger partial charge >= 0.3 is 0 Å². The average Bonchev–Trinajstić information content (AvgIpc) is 2.74. The zero-order valence-electron chi connectivity index (χ0n) is 13.1. The van der Waals surface area contributed by atoms with Gasteiger partial charge in [0.1, 0.15) is 0 Å². The van der Waals surface area contributed by atoms with Crippen molar-refractivity contribution in [3.8, 4) is 0 Å². The van der Waals surface area contributed by atoms with E-state index in [-0.39, 0.29) is 5.54 Å². The van der Waals surface area contributed by atoms with Crippen LogP contribution >= 0.6 is 0 Å². The zero-order valence-corrected chi connectivity index (χ0v) is 13.1. The van der Waals surface area contributed by atoms with Gasteiger partial charge in [-0.05, 0) is 62.7 Å². The van der Waals surface area contributed by atoms with Gasteiger partial charge in [-0.25, -0.2) is 0 Å². The van der Waals surface area contributed by atoms with Crippen LogP contribution in [0.1, 0.15) is 84.0 Å². The Bertz CT molecular complexity index is 347. The molecule has 0 aromatic carbocycles. The summed E-state index contributed by atoms with van der Waals surface area (Å²) in [5.41, 5.74) is 0.190. The van der Waals surface area contributed by atoms with Gasteiger partial charge in [-0.2, -0.15) is 0 Å². The third kappa shape index (κ3) is 3.20. The Balaban J connectivity index is 1.54. The van der Waals surface area contributed by atoms with Gasteiger partial charge < -0.3 is 5.32 Å². The Labute approximate surface area is 124 Å². The van der Waals surface area contributed by atoms with E-state index in [0.717, 1.165) is 18.3 Å².